The molecule has 1 aromatic heterocycles. The number of rotatable bonds is 2. The number of nitrogens with one attached hydrogen (secondary N) is 1. The highest BCUT2D eigenvalue weighted by Crippen LogP contribution is 2.46. The van der Waals surface area contributed by atoms with Gasteiger partial charge in [0.2, 0.25) is 0 Å². The molecule has 19 heavy (non-hydrogen) atoms. The summed E-state index contributed by atoms with van der Waals surface area (Å²) in [6.07, 6.45) is 3.84. The molecule has 1 aliphatic heterocycles. The Morgan fingerprint density at radius 3 is 2.68 bits per heavy atom. The number of hydrogen-bond acceptors (Lipinski definition) is 6. The second-order valence-electron chi connectivity index (χ2n) is 4.10. The number of aliphatic hydroxyl groups is 3. The van der Waals surface area contributed by atoms with Gasteiger partial charge in [-0.25, -0.2) is 4.79 Å². The molecule has 0 unspecified atom stereocenters. The molecule has 1 aromatic rings. The van der Waals surface area contributed by atoms with Crippen LogP contribution in [0.3, 0.4) is 0 Å². The standard InChI is InChI=1S/C11H12N2O5S/c1-2-11(9(17)8(16)6(5-14)19-11)13-4-3-7(15)12-10(13)18/h1,3-4,6,8-9,14,16-17H,5H2,(H,12,15,18)/t6-,8-,9-,11-/m1/s1. The monoisotopic (exact) mass is 284 g/mol. The lowest BCUT2D eigenvalue weighted by atomic mass is 10.0. The molecule has 2 rings (SSSR count). The molecule has 4 atom stereocenters. The summed E-state index contributed by atoms with van der Waals surface area (Å²) in [6, 6.07) is 1.09. The van der Waals surface area contributed by atoms with Gasteiger partial charge in [-0.15, -0.1) is 18.2 Å². The molecule has 0 spiro atoms. The quantitative estimate of drug-likeness (QED) is 0.452. The third kappa shape index (κ3) is 2.01. The van der Waals surface area contributed by atoms with Crippen molar-refractivity contribution >= 4 is 11.8 Å². The van der Waals surface area contributed by atoms with E-state index in [4.69, 9.17) is 11.5 Å². The summed E-state index contributed by atoms with van der Waals surface area (Å²) in [4.78, 5) is 23.3. The summed E-state index contributed by atoms with van der Waals surface area (Å²) in [5.74, 6) is 2.28. The van der Waals surface area contributed by atoms with Crippen LogP contribution >= 0.6 is 11.8 Å². The molecule has 2 heterocycles. The smallest absolute Gasteiger partial charge is 0.330 e. The summed E-state index contributed by atoms with van der Waals surface area (Å²) >= 11 is 0.902. The minimum Gasteiger partial charge on any atom is -0.395 e. The van der Waals surface area contributed by atoms with Gasteiger partial charge in [0.1, 0.15) is 6.10 Å². The molecule has 0 saturated carbocycles. The number of aromatic amines is 1. The van der Waals surface area contributed by atoms with E-state index >= 15 is 0 Å². The maximum Gasteiger partial charge on any atom is 0.330 e. The lowest BCUT2D eigenvalue weighted by Crippen LogP contribution is -2.48. The molecule has 0 radical (unpaired) electrons. The maximum absolute atomic E-state index is 11.8. The molecule has 0 aromatic carbocycles. The average molecular weight is 284 g/mol. The van der Waals surface area contributed by atoms with E-state index in [0.29, 0.717) is 0 Å². The van der Waals surface area contributed by atoms with Crippen molar-refractivity contribution in [2.24, 2.45) is 0 Å². The highest BCUT2D eigenvalue weighted by molar-refractivity contribution is 8.01. The van der Waals surface area contributed by atoms with Crippen molar-refractivity contribution in [1.29, 1.82) is 0 Å². The Bertz CT molecular complexity index is 633. The Morgan fingerprint density at radius 1 is 1.53 bits per heavy atom. The van der Waals surface area contributed by atoms with Gasteiger partial charge in [-0.05, 0) is 0 Å². The largest absolute Gasteiger partial charge is 0.395 e. The number of aliphatic hydroxyl groups excluding tert-OH is 3. The fourth-order valence-corrected chi connectivity index (χ4v) is 3.45. The molecular formula is C11H12N2O5S. The Kier molecular flexibility index (Phi) is 3.56. The van der Waals surface area contributed by atoms with Crippen molar-refractivity contribution in [1.82, 2.24) is 9.55 Å². The average Bonchev–Trinajstić information content (AvgIpc) is 2.64. The van der Waals surface area contributed by atoms with Gasteiger partial charge >= 0.3 is 5.69 Å². The Hall–Kier alpha value is -1.53. The Balaban J connectivity index is 2.59. The zero-order valence-electron chi connectivity index (χ0n) is 9.68. The highest BCUT2D eigenvalue weighted by Gasteiger charge is 2.54. The van der Waals surface area contributed by atoms with Crippen molar-refractivity contribution in [2.75, 3.05) is 6.61 Å². The van der Waals surface area contributed by atoms with E-state index in [1.807, 2.05) is 4.98 Å². The van der Waals surface area contributed by atoms with Gasteiger partial charge in [-0.2, -0.15) is 0 Å². The van der Waals surface area contributed by atoms with Crippen molar-refractivity contribution in [3.63, 3.8) is 0 Å². The number of terminal acetylenes is 1. The number of nitrogens with zero attached hydrogens (tertiary/aromatic N) is 1. The van der Waals surface area contributed by atoms with Crippen LogP contribution in [0.2, 0.25) is 0 Å². The van der Waals surface area contributed by atoms with Gasteiger partial charge in [0, 0.05) is 12.3 Å². The molecule has 0 bridgehead atoms. The molecule has 1 aliphatic rings. The van der Waals surface area contributed by atoms with Crippen molar-refractivity contribution in [2.45, 2.75) is 22.3 Å². The lowest BCUT2D eigenvalue weighted by molar-refractivity contribution is -0.00383. The van der Waals surface area contributed by atoms with Crippen LogP contribution in [0, 0.1) is 12.3 Å². The van der Waals surface area contributed by atoms with Crippen LogP contribution in [-0.2, 0) is 4.87 Å². The van der Waals surface area contributed by atoms with Gasteiger partial charge in [-0.1, -0.05) is 5.92 Å². The Morgan fingerprint density at radius 2 is 2.21 bits per heavy atom. The minimum absolute atomic E-state index is 0.398. The predicted octanol–water partition coefficient (Wildman–Crippen LogP) is -2.35. The maximum atomic E-state index is 11.8. The van der Waals surface area contributed by atoms with Gasteiger partial charge in [-0.3, -0.25) is 14.3 Å². The van der Waals surface area contributed by atoms with Crippen LogP contribution in [0.1, 0.15) is 0 Å². The third-order valence-electron chi connectivity index (χ3n) is 3.00. The number of H-pyrrole nitrogens is 1. The molecule has 0 amide bonds. The van der Waals surface area contributed by atoms with Gasteiger partial charge < -0.3 is 15.3 Å². The first-order valence-electron chi connectivity index (χ1n) is 5.41. The molecule has 1 fully saturated rings. The van der Waals surface area contributed by atoms with E-state index in [1.54, 1.807) is 0 Å². The molecule has 4 N–H and O–H groups in total. The van der Waals surface area contributed by atoms with Crippen LogP contribution in [0.4, 0.5) is 0 Å². The number of aromatic nitrogens is 2. The van der Waals surface area contributed by atoms with Crippen molar-refractivity contribution in [3.8, 4) is 12.3 Å². The van der Waals surface area contributed by atoms with E-state index in [2.05, 4.69) is 5.92 Å². The van der Waals surface area contributed by atoms with Crippen LogP contribution in [0.15, 0.2) is 21.9 Å². The van der Waals surface area contributed by atoms with Gasteiger partial charge in [0.25, 0.3) is 5.56 Å². The first kappa shape index (κ1) is 13.9. The normalized spacial score (nSPS) is 34.1. The van der Waals surface area contributed by atoms with Crippen LogP contribution in [-0.4, -0.2) is 48.9 Å². The van der Waals surface area contributed by atoms with E-state index < -0.39 is 40.2 Å². The predicted molar refractivity (Wildman–Crippen MR) is 68.6 cm³/mol. The van der Waals surface area contributed by atoms with Crippen LogP contribution < -0.4 is 11.2 Å². The second-order valence-corrected chi connectivity index (χ2v) is 5.56. The van der Waals surface area contributed by atoms with E-state index in [9.17, 15) is 19.8 Å². The minimum atomic E-state index is -1.56. The summed E-state index contributed by atoms with van der Waals surface area (Å²) < 4.78 is 0.975. The van der Waals surface area contributed by atoms with Crippen LogP contribution in [0.5, 0.6) is 0 Å². The Labute approximate surface area is 111 Å². The number of thioether (sulfide) groups is 1. The molecular weight excluding hydrogens is 272 g/mol. The summed E-state index contributed by atoms with van der Waals surface area (Å²) in [7, 11) is 0. The lowest BCUT2D eigenvalue weighted by Gasteiger charge is -2.28. The van der Waals surface area contributed by atoms with Crippen LogP contribution in [0.25, 0.3) is 0 Å². The first-order chi connectivity index (χ1) is 8.96. The summed E-state index contributed by atoms with van der Waals surface area (Å²) in [5.41, 5.74) is -1.38. The van der Waals surface area contributed by atoms with E-state index in [0.717, 1.165) is 28.6 Å². The van der Waals surface area contributed by atoms with Crippen molar-refractivity contribution in [3.05, 3.63) is 33.1 Å². The molecule has 102 valence electrons. The van der Waals surface area contributed by atoms with Gasteiger partial charge in [0.15, 0.2) is 4.87 Å². The summed E-state index contributed by atoms with van der Waals surface area (Å²) in [5, 5.41) is 28.3. The topological polar surface area (TPSA) is 116 Å². The van der Waals surface area contributed by atoms with Gasteiger partial charge in [0.05, 0.1) is 18.0 Å². The SMILES string of the molecule is C#C[C@@]1(n2ccc(=O)[nH]c2=O)S[C@H](CO)[C@@H](O)[C@H]1O. The fraction of sp³-hybridized carbons (Fsp3) is 0.455. The van der Waals surface area contributed by atoms with E-state index in [1.165, 1.54) is 0 Å². The van der Waals surface area contributed by atoms with E-state index in [-0.39, 0.29) is 0 Å². The first-order valence-corrected chi connectivity index (χ1v) is 6.29. The van der Waals surface area contributed by atoms with Crippen molar-refractivity contribution < 1.29 is 15.3 Å². The zero-order valence-corrected chi connectivity index (χ0v) is 10.5. The number of hydrogen-bond donors (Lipinski definition) is 4. The molecule has 0 aliphatic carbocycles. The highest BCUT2D eigenvalue weighted by atomic mass is 32.2. The molecule has 8 heteroatoms. The second kappa shape index (κ2) is 4.86. The summed E-state index contributed by atoms with van der Waals surface area (Å²) in [6.45, 7) is -0.398. The zero-order chi connectivity index (χ0) is 14.2. The third-order valence-corrected chi connectivity index (χ3v) is 4.65. The molecule has 1 saturated heterocycles. The fourth-order valence-electron chi connectivity index (χ4n) is 2.02. The molecule has 7 nitrogen and oxygen atoms in total.